The fourth-order valence-electron chi connectivity index (χ4n) is 2.04. The molecule has 0 saturated carbocycles. The Balaban J connectivity index is 1.91. The predicted molar refractivity (Wildman–Crippen MR) is 79.4 cm³/mol. The molecule has 0 spiro atoms. The highest BCUT2D eigenvalue weighted by molar-refractivity contribution is 6.30. The largest absolute Gasteiger partial charge is 0.347 e. The molecule has 1 unspecified atom stereocenters. The van der Waals surface area contributed by atoms with E-state index in [1.54, 1.807) is 0 Å². The Morgan fingerprint density at radius 1 is 0.947 bits per heavy atom. The average molecular weight is 269 g/mol. The Morgan fingerprint density at radius 3 is 2.42 bits per heavy atom. The molecule has 3 rings (SSSR count). The number of hydrogen-bond donors (Lipinski definition) is 1. The molecule has 1 heterocycles. The van der Waals surface area contributed by atoms with Crippen molar-refractivity contribution in [3.05, 3.63) is 83.0 Å². The fraction of sp³-hybridized carbons (Fsp3) is 0.0625. The zero-order chi connectivity index (χ0) is 13.1. The minimum Gasteiger partial charge on any atom is -0.347 e. The van der Waals surface area contributed by atoms with E-state index in [-0.39, 0.29) is 6.04 Å². The van der Waals surface area contributed by atoms with Gasteiger partial charge in [0.2, 0.25) is 0 Å². The normalized spacial score (nSPS) is 17.7. The average Bonchev–Trinajstić information content (AvgIpc) is 2.49. The second-order valence-corrected chi connectivity index (χ2v) is 4.78. The van der Waals surface area contributed by atoms with E-state index >= 15 is 0 Å². The summed E-state index contributed by atoms with van der Waals surface area (Å²) in [5, 5.41) is 3.93. The second kappa shape index (κ2) is 5.29. The summed E-state index contributed by atoms with van der Waals surface area (Å²) in [6.45, 7) is 0. The Labute approximate surface area is 117 Å². The third kappa shape index (κ3) is 2.69. The molecule has 0 radical (unpaired) electrons. The molecule has 1 aliphatic rings. The summed E-state index contributed by atoms with van der Waals surface area (Å²) in [5.74, 6) is 0.892. The quantitative estimate of drug-likeness (QED) is 0.876. The van der Waals surface area contributed by atoms with Gasteiger partial charge in [0.1, 0.15) is 5.84 Å². The van der Waals surface area contributed by atoms with E-state index in [0.29, 0.717) is 0 Å². The molecule has 94 valence electrons. The number of nitrogens with one attached hydrogen (secondary N) is 1. The molecule has 0 amide bonds. The Morgan fingerprint density at radius 2 is 1.68 bits per heavy atom. The number of aliphatic imine (C=N–C) groups is 1. The van der Waals surface area contributed by atoms with E-state index in [9.17, 15) is 0 Å². The molecular weight excluding hydrogens is 256 g/mol. The predicted octanol–water partition coefficient (Wildman–Crippen LogP) is 3.94. The van der Waals surface area contributed by atoms with Crippen molar-refractivity contribution in [3.8, 4) is 0 Å². The van der Waals surface area contributed by atoms with Crippen LogP contribution in [0, 0.1) is 0 Å². The number of halogens is 1. The van der Waals surface area contributed by atoms with E-state index in [1.807, 2.05) is 66.9 Å². The number of rotatable bonds is 2. The molecule has 2 nitrogen and oxygen atoms in total. The van der Waals surface area contributed by atoms with Gasteiger partial charge in [-0.2, -0.15) is 0 Å². The molecule has 2 aromatic rings. The van der Waals surface area contributed by atoms with Crippen molar-refractivity contribution < 1.29 is 0 Å². The van der Waals surface area contributed by atoms with Gasteiger partial charge in [-0.25, -0.2) is 0 Å². The van der Waals surface area contributed by atoms with Crippen LogP contribution in [-0.2, 0) is 0 Å². The highest BCUT2D eigenvalue weighted by Gasteiger charge is 2.12. The highest BCUT2D eigenvalue weighted by atomic mass is 35.5. The molecule has 0 aromatic heterocycles. The third-order valence-corrected chi connectivity index (χ3v) is 3.28. The van der Waals surface area contributed by atoms with Crippen molar-refractivity contribution in [3.63, 3.8) is 0 Å². The number of hydrogen-bond acceptors (Lipinski definition) is 2. The summed E-state index contributed by atoms with van der Waals surface area (Å²) >= 11 is 5.91. The maximum atomic E-state index is 5.91. The van der Waals surface area contributed by atoms with Gasteiger partial charge in [0.15, 0.2) is 0 Å². The van der Waals surface area contributed by atoms with Crippen LogP contribution in [0.25, 0.3) is 0 Å². The highest BCUT2D eigenvalue weighted by Crippen LogP contribution is 2.23. The van der Waals surface area contributed by atoms with Gasteiger partial charge in [0.05, 0.1) is 6.04 Å². The van der Waals surface area contributed by atoms with Crippen molar-refractivity contribution in [1.29, 1.82) is 0 Å². The topological polar surface area (TPSA) is 24.4 Å². The number of benzene rings is 2. The first-order chi connectivity index (χ1) is 9.33. The van der Waals surface area contributed by atoms with E-state index in [4.69, 9.17) is 16.6 Å². The first-order valence-corrected chi connectivity index (χ1v) is 6.52. The summed E-state index contributed by atoms with van der Waals surface area (Å²) in [6, 6.07) is 17.9. The van der Waals surface area contributed by atoms with Crippen LogP contribution in [-0.4, -0.2) is 5.84 Å². The molecule has 1 N–H and O–H groups in total. The van der Waals surface area contributed by atoms with E-state index < -0.39 is 0 Å². The number of nitrogens with zero attached hydrogens (tertiary/aromatic N) is 1. The van der Waals surface area contributed by atoms with Gasteiger partial charge in [-0.15, -0.1) is 0 Å². The molecule has 1 aliphatic heterocycles. The van der Waals surface area contributed by atoms with Crippen LogP contribution in [0.5, 0.6) is 0 Å². The maximum absolute atomic E-state index is 5.91. The number of amidine groups is 1. The maximum Gasteiger partial charge on any atom is 0.133 e. The molecule has 0 aliphatic carbocycles. The van der Waals surface area contributed by atoms with Crippen molar-refractivity contribution in [2.75, 3.05) is 0 Å². The molecular formula is C16H13ClN2. The summed E-state index contributed by atoms with van der Waals surface area (Å²) in [7, 11) is 0. The van der Waals surface area contributed by atoms with Gasteiger partial charge in [-0.3, -0.25) is 4.99 Å². The lowest BCUT2D eigenvalue weighted by atomic mass is 10.1. The van der Waals surface area contributed by atoms with Crippen molar-refractivity contribution in [2.45, 2.75) is 6.04 Å². The van der Waals surface area contributed by atoms with Gasteiger partial charge < -0.3 is 5.32 Å². The van der Waals surface area contributed by atoms with Crippen molar-refractivity contribution in [1.82, 2.24) is 5.32 Å². The molecule has 2 aromatic carbocycles. The lowest BCUT2D eigenvalue weighted by molar-refractivity contribution is 0.872. The summed E-state index contributed by atoms with van der Waals surface area (Å²) in [6.07, 6.45) is 3.98. The van der Waals surface area contributed by atoms with Gasteiger partial charge in [0, 0.05) is 16.8 Å². The van der Waals surface area contributed by atoms with Gasteiger partial charge in [0.25, 0.3) is 0 Å². The standard InChI is InChI=1S/C16H13ClN2/c17-14-8-6-12(7-9-14)15-10-11-18-16(19-15)13-4-2-1-3-5-13/h1-11,15H,(H,18,19). The SMILES string of the molecule is Clc1ccc(C2C=CNC(c3ccccc3)=N2)cc1. The van der Waals surface area contributed by atoms with Crippen molar-refractivity contribution >= 4 is 17.4 Å². The van der Waals surface area contributed by atoms with E-state index in [2.05, 4.69) is 5.32 Å². The lowest BCUT2D eigenvalue weighted by Gasteiger charge is -2.17. The van der Waals surface area contributed by atoms with Gasteiger partial charge in [-0.05, 0) is 23.8 Å². The lowest BCUT2D eigenvalue weighted by Crippen LogP contribution is -2.23. The Kier molecular flexibility index (Phi) is 3.34. The first kappa shape index (κ1) is 12.0. The Hall–Kier alpha value is -2.06. The van der Waals surface area contributed by atoms with Crippen LogP contribution < -0.4 is 5.32 Å². The minimum atomic E-state index is 0.0359. The van der Waals surface area contributed by atoms with Crippen LogP contribution in [0.15, 0.2) is 71.9 Å². The summed E-state index contributed by atoms with van der Waals surface area (Å²) in [4.78, 5) is 4.73. The van der Waals surface area contributed by atoms with Crippen LogP contribution in [0.3, 0.4) is 0 Å². The van der Waals surface area contributed by atoms with E-state index in [0.717, 1.165) is 22.0 Å². The Bertz CT molecular complexity index is 615. The van der Waals surface area contributed by atoms with Crippen LogP contribution in [0.4, 0.5) is 0 Å². The van der Waals surface area contributed by atoms with Gasteiger partial charge in [-0.1, -0.05) is 54.1 Å². The van der Waals surface area contributed by atoms with E-state index in [1.165, 1.54) is 0 Å². The molecule has 0 saturated heterocycles. The molecule has 0 bridgehead atoms. The summed E-state index contributed by atoms with van der Waals surface area (Å²) < 4.78 is 0. The monoisotopic (exact) mass is 268 g/mol. The molecule has 19 heavy (non-hydrogen) atoms. The third-order valence-electron chi connectivity index (χ3n) is 3.03. The minimum absolute atomic E-state index is 0.0359. The first-order valence-electron chi connectivity index (χ1n) is 6.15. The van der Waals surface area contributed by atoms with Crippen LogP contribution in [0.1, 0.15) is 17.2 Å². The van der Waals surface area contributed by atoms with Crippen LogP contribution >= 0.6 is 11.6 Å². The fourth-order valence-corrected chi connectivity index (χ4v) is 2.16. The molecule has 3 heteroatoms. The molecule has 0 fully saturated rings. The van der Waals surface area contributed by atoms with Crippen molar-refractivity contribution in [2.24, 2.45) is 4.99 Å². The zero-order valence-electron chi connectivity index (χ0n) is 10.3. The molecule has 1 atom stereocenters. The van der Waals surface area contributed by atoms with Crippen LogP contribution in [0.2, 0.25) is 5.02 Å². The zero-order valence-corrected chi connectivity index (χ0v) is 11.0. The summed E-state index contributed by atoms with van der Waals surface area (Å²) in [5.41, 5.74) is 2.22. The van der Waals surface area contributed by atoms with Gasteiger partial charge >= 0.3 is 0 Å². The second-order valence-electron chi connectivity index (χ2n) is 4.34. The smallest absolute Gasteiger partial charge is 0.133 e.